The van der Waals surface area contributed by atoms with Crippen molar-refractivity contribution in [2.45, 2.75) is 65.7 Å². The molecule has 0 aromatic heterocycles. The van der Waals surface area contributed by atoms with Gasteiger partial charge in [0, 0.05) is 29.8 Å². The van der Waals surface area contributed by atoms with Gasteiger partial charge in [0.1, 0.15) is 5.76 Å². The zero-order chi connectivity index (χ0) is 29.7. The Bertz CT molecular complexity index is 1530. The van der Waals surface area contributed by atoms with E-state index in [1.165, 1.54) is 27.9 Å². The number of terminal acetylenes is 1. The molecule has 42 heavy (non-hydrogen) atoms. The molecular weight excluding hydrogens is 514 g/mol. The summed E-state index contributed by atoms with van der Waals surface area (Å²) in [7, 11) is 0. The largest absolute Gasteiger partial charge is 0.508 e. The number of nitrogens with zero attached hydrogens (tertiary/aromatic N) is 1. The van der Waals surface area contributed by atoms with Crippen LogP contribution in [0.25, 0.3) is 16.9 Å². The summed E-state index contributed by atoms with van der Waals surface area (Å²) in [6.07, 6.45) is 12.3. The van der Waals surface area contributed by atoms with Crippen LogP contribution in [0, 0.1) is 36.0 Å². The van der Waals surface area contributed by atoms with Gasteiger partial charge >= 0.3 is 0 Å². The third kappa shape index (κ3) is 5.27. The van der Waals surface area contributed by atoms with Crippen molar-refractivity contribution < 1.29 is 9.84 Å². The van der Waals surface area contributed by atoms with Crippen molar-refractivity contribution >= 4 is 11.4 Å². The molecule has 6 rings (SSSR count). The van der Waals surface area contributed by atoms with E-state index in [-0.39, 0.29) is 22.2 Å². The van der Waals surface area contributed by atoms with Gasteiger partial charge in [0.25, 0.3) is 0 Å². The highest BCUT2D eigenvalue weighted by molar-refractivity contribution is 5.75. The number of anilines is 1. The van der Waals surface area contributed by atoms with Crippen molar-refractivity contribution in [3.05, 3.63) is 94.6 Å². The molecular formula is C39H45NO2. The maximum atomic E-state index is 11.8. The molecule has 3 aromatic rings. The summed E-state index contributed by atoms with van der Waals surface area (Å²) in [6.45, 7) is 15.1. The number of morpholine rings is 1. The fourth-order valence-electron chi connectivity index (χ4n) is 8.96. The molecule has 218 valence electrons. The Labute approximate surface area is 252 Å². The summed E-state index contributed by atoms with van der Waals surface area (Å²) in [5, 5.41) is 11.8. The SMILES string of the molecule is C#CC1/C=C(/O)c2c(C)cc(-c3ccc(N4CCOCC4)cc3)cc2Cc2ccccc2C12CC(C)(C)CC(C)(C)C2. The van der Waals surface area contributed by atoms with Gasteiger partial charge in [-0.05, 0) is 95.0 Å². The Kier molecular flexibility index (Phi) is 7.27. The van der Waals surface area contributed by atoms with E-state index in [0.29, 0.717) is 5.76 Å². The van der Waals surface area contributed by atoms with E-state index in [9.17, 15) is 5.11 Å². The molecule has 3 aliphatic rings. The number of hydrogen-bond acceptors (Lipinski definition) is 3. The summed E-state index contributed by atoms with van der Waals surface area (Å²) in [6, 6.07) is 22.3. The van der Waals surface area contributed by atoms with Crippen LogP contribution in [0.4, 0.5) is 5.69 Å². The Morgan fingerprint density at radius 3 is 2.19 bits per heavy atom. The van der Waals surface area contributed by atoms with E-state index < -0.39 is 0 Å². The van der Waals surface area contributed by atoms with Crippen LogP contribution >= 0.6 is 0 Å². The van der Waals surface area contributed by atoms with E-state index in [2.05, 4.69) is 106 Å². The second-order valence-electron chi connectivity index (χ2n) is 14.5. The maximum absolute atomic E-state index is 11.8. The minimum absolute atomic E-state index is 0.130. The van der Waals surface area contributed by atoms with Crippen LogP contribution < -0.4 is 4.90 Å². The molecule has 1 saturated carbocycles. The first kappa shape index (κ1) is 28.6. The van der Waals surface area contributed by atoms with Gasteiger partial charge in [-0.15, -0.1) is 6.42 Å². The van der Waals surface area contributed by atoms with E-state index in [0.717, 1.165) is 68.7 Å². The Morgan fingerprint density at radius 1 is 0.857 bits per heavy atom. The molecule has 1 aliphatic heterocycles. The van der Waals surface area contributed by atoms with Crippen LogP contribution in [-0.2, 0) is 16.6 Å². The topological polar surface area (TPSA) is 32.7 Å². The monoisotopic (exact) mass is 559 g/mol. The van der Waals surface area contributed by atoms with Crippen LogP contribution in [0.3, 0.4) is 0 Å². The van der Waals surface area contributed by atoms with Crippen LogP contribution in [-0.4, -0.2) is 31.4 Å². The first-order valence-electron chi connectivity index (χ1n) is 15.5. The Hall–Kier alpha value is -3.48. The second kappa shape index (κ2) is 10.7. The highest BCUT2D eigenvalue weighted by Gasteiger charge is 2.52. The van der Waals surface area contributed by atoms with Crippen molar-refractivity contribution in [3.63, 3.8) is 0 Å². The molecule has 1 heterocycles. The predicted octanol–water partition coefficient (Wildman–Crippen LogP) is 8.73. The molecule has 2 aliphatic carbocycles. The van der Waals surface area contributed by atoms with Gasteiger partial charge in [-0.2, -0.15) is 0 Å². The zero-order valence-corrected chi connectivity index (χ0v) is 26.0. The van der Waals surface area contributed by atoms with E-state index in [1.54, 1.807) is 0 Å². The van der Waals surface area contributed by atoms with E-state index in [1.807, 2.05) is 6.08 Å². The van der Waals surface area contributed by atoms with Gasteiger partial charge in [0.2, 0.25) is 0 Å². The fraction of sp³-hybridized carbons (Fsp3) is 0.436. The molecule has 3 aromatic carbocycles. The first-order valence-corrected chi connectivity index (χ1v) is 15.5. The molecule has 1 unspecified atom stereocenters. The lowest BCUT2D eigenvalue weighted by Gasteiger charge is -2.54. The van der Waals surface area contributed by atoms with Crippen molar-refractivity contribution in [1.82, 2.24) is 0 Å². The predicted molar refractivity (Wildman–Crippen MR) is 175 cm³/mol. The smallest absolute Gasteiger partial charge is 0.120 e. The van der Waals surface area contributed by atoms with Gasteiger partial charge in [0.05, 0.1) is 19.1 Å². The van der Waals surface area contributed by atoms with E-state index >= 15 is 0 Å². The van der Waals surface area contributed by atoms with Gasteiger partial charge in [-0.3, -0.25) is 0 Å². The van der Waals surface area contributed by atoms with Crippen molar-refractivity contribution in [2.75, 3.05) is 31.2 Å². The summed E-state index contributed by atoms with van der Waals surface area (Å²) in [4.78, 5) is 2.38. The van der Waals surface area contributed by atoms with Gasteiger partial charge in [0.15, 0.2) is 0 Å². The molecule has 1 atom stereocenters. The molecule has 1 saturated heterocycles. The maximum Gasteiger partial charge on any atom is 0.120 e. The van der Waals surface area contributed by atoms with Crippen LogP contribution in [0.2, 0.25) is 0 Å². The lowest BCUT2D eigenvalue weighted by molar-refractivity contribution is 0.0324. The minimum Gasteiger partial charge on any atom is -0.508 e. The molecule has 1 N–H and O–H groups in total. The number of allylic oxidation sites excluding steroid dienone is 1. The molecule has 0 bridgehead atoms. The highest BCUT2D eigenvalue weighted by Crippen LogP contribution is 2.59. The average Bonchev–Trinajstić information content (AvgIpc) is 2.98. The van der Waals surface area contributed by atoms with Crippen LogP contribution in [0.1, 0.15) is 74.8 Å². The summed E-state index contributed by atoms with van der Waals surface area (Å²) < 4.78 is 5.54. The van der Waals surface area contributed by atoms with Crippen LogP contribution in [0.15, 0.2) is 66.7 Å². The number of aliphatic hydroxyl groups is 1. The minimum atomic E-state index is -0.251. The molecule has 3 heteroatoms. The van der Waals surface area contributed by atoms with E-state index in [4.69, 9.17) is 11.2 Å². The quantitative estimate of drug-likeness (QED) is 0.319. The molecule has 0 radical (unpaired) electrons. The number of ether oxygens (including phenoxy) is 1. The number of benzene rings is 3. The van der Waals surface area contributed by atoms with Gasteiger partial charge in [-0.1, -0.05) is 82.1 Å². The molecule has 2 fully saturated rings. The number of fused-ring (bicyclic) bond motifs is 3. The Morgan fingerprint density at radius 2 is 1.52 bits per heavy atom. The number of aryl methyl sites for hydroxylation is 1. The highest BCUT2D eigenvalue weighted by atomic mass is 16.5. The first-order chi connectivity index (χ1) is 20.0. The second-order valence-corrected chi connectivity index (χ2v) is 14.5. The number of hydrogen-bond donors (Lipinski definition) is 1. The normalized spacial score (nSPS) is 23.8. The third-order valence-electron chi connectivity index (χ3n) is 9.83. The standard InChI is InChI=1S/C39H45NO2/c1-7-32-23-35(41)36-27(2)20-30(28-12-14-33(15-13-28)40-16-18-42-19-17-40)22-31(36)21-29-10-8-9-11-34(29)39(32)25-37(3,4)24-38(5,6)26-39/h1,8-15,20,22-23,32,41H,16-19,21,24-26H2,2-6H3/b35-23+. The van der Waals surface area contributed by atoms with Gasteiger partial charge in [-0.25, -0.2) is 0 Å². The lowest BCUT2D eigenvalue weighted by Crippen LogP contribution is -2.48. The summed E-state index contributed by atoms with van der Waals surface area (Å²) in [5.74, 6) is 3.28. The summed E-state index contributed by atoms with van der Waals surface area (Å²) in [5.41, 5.74) is 9.40. The van der Waals surface area contributed by atoms with Crippen molar-refractivity contribution in [1.29, 1.82) is 0 Å². The molecule has 0 amide bonds. The van der Waals surface area contributed by atoms with Crippen molar-refractivity contribution in [3.8, 4) is 23.5 Å². The van der Waals surface area contributed by atoms with Crippen LogP contribution in [0.5, 0.6) is 0 Å². The number of rotatable bonds is 2. The van der Waals surface area contributed by atoms with Crippen molar-refractivity contribution in [2.24, 2.45) is 16.7 Å². The summed E-state index contributed by atoms with van der Waals surface area (Å²) >= 11 is 0. The third-order valence-corrected chi connectivity index (χ3v) is 9.83. The Balaban J connectivity index is 1.48. The molecule has 1 spiro atoms. The fourth-order valence-corrected chi connectivity index (χ4v) is 8.96. The number of aliphatic hydroxyl groups excluding tert-OH is 1. The molecule has 3 nitrogen and oxygen atoms in total. The average molecular weight is 560 g/mol. The zero-order valence-electron chi connectivity index (χ0n) is 26.0. The lowest BCUT2D eigenvalue weighted by atomic mass is 9.49. The van der Waals surface area contributed by atoms with Gasteiger partial charge < -0.3 is 14.7 Å².